The number of carbonyl (C=O) groups excluding carboxylic acids is 1. The Kier molecular flexibility index (Phi) is 5.89. The van der Waals surface area contributed by atoms with E-state index in [-0.39, 0.29) is 11.8 Å². The fourth-order valence-corrected chi connectivity index (χ4v) is 5.26. The Morgan fingerprint density at radius 2 is 1.81 bits per heavy atom. The predicted octanol–water partition coefficient (Wildman–Crippen LogP) is 4.00. The highest BCUT2D eigenvalue weighted by atomic mass is 35.5. The molecule has 0 aromatic heterocycles. The van der Waals surface area contributed by atoms with Crippen molar-refractivity contribution in [2.24, 2.45) is 5.92 Å². The molecule has 1 amide bonds. The van der Waals surface area contributed by atoms with Crippen LogP contribution in [0.5, 0.6) is 0 Å². The minimum absolute atomic E-state index is 0.0962. The number of anilines is 1. The van der Waals surface area contributed by atoms with E-state index in [1.165, 1.54) is 4.31 Å². The standard InChI is InChI=1S/C20H23ClN2O3S/c1-14-6-7-15(2)19(12-14)27(25,26)23-10-8-16(9-11-23)20(24)22-18-5-3-4-17(21)13-18/h3-7,12-13,16H,8-11H2,1-2H3,(H,22,24). The van der Waals surface area contributed by atoms with Gasteiger partial charge in [0.1, 0.15) is 0 Å². The van der Waals surface area contributed by atoms with Crippen molar-refractivity contribution in [3.8, 4) is 0 Å². The van der Waals surface area contributed by atoms with Crippen molar-refractivity contribution >= 4 is 33.2 Å². The topological polar surface area (TPSA) is 66.5 Å². The van der Waals surface area contributed by atoms with Crippen LogP contribution in [0.15, 0.2) is 47.4 Å². The van der Waals surface area contributed by atoms with Gasteiger partial charge in [0, 0.05) is 29.7 Å². The molecule has 0 spiro atoms. The summed E-state index contributed by atoms with van der Waals surface area (Å²) in [7, 11) is -3.54. The molecule has 0 unspecified atom stereocenters. The molecule has 1 heterocycles. The normalized spacial score (nSPS) is 16.3. The average Bonchev–Trinajstić information content (AvgIpc) is 2.63. The number of hydrogen-bond donors (Lipinski definition) is 1. The summed E-state index contributed by atoms with van der Waals surface area (Å²) in [4.78, 5) is 12.8. The highest BCUT2D eigenvalue weighted by Gasteiger charge is 2.32. The molecule has 5 nitrogen and oxygen atoms in total. The van der Waals surface area contributed by atoms with Crippen LogP contribution in [0.25, 0.3) is 0 Å². The second-order valence-electron chi connectivity index (χ2n) is 6.95. The summed E-state index contributed by atoms with van der Waals surface area (Å²) in [6.45, 7) is 4.36. The van der Waals surface area contributed by atoms with Gasteiger partial charge in [-0.3, -0.25) is 4.79 Å². The first kappa shape index (κ1) is 19.9. The number of nitrogens with zero attached hydrogens (tertiary/aromatic N) is 1. The third-order valence-electron chi connectivity index (χ3n) is 4.88. The van der Waals surface area contributed by atoms with Crippen molar-refractivity contribution in [2.45, 2.75) is 31.6 Å². The maximum Gasteiger partial charge on any atom is 0.243 e. The first-order chi connectivity index (χ1) is 12.8. The second-order valence-corrected chi connectivity index (χ2v) is 9.29. The van der Waals surface area contributed by atoms with Gasteiger partial charge in [0.05, 0.1) is 4.90 Å². The zero-order valence-corrected chi connectivity index (χ0v) is 17.0. The molecule has 1 aliphatic rings. The van der Waals surface area contributed by atoms with E-state index in [1.54, 1.807) is 37.3 Å². The summed E-state index contributed by atoms with van der Waals surface area (Å²) in [5.74, 6) is -0.310. The van der Waals surface area contributed by atoms with Gasteiger partial charge in [-0.25, -0.2) is 8.42 Å². The van der Waals surface area contributed by atoms with Gasteiger partial charge in [-0.2, -0.15) is 4.31 Å². The molecule has 0 saturated carbocycles. The van der Waals surface area contributed by atoms with Crippen molar-refractivity contribution in [1.82, 2.24) is 4.31 Å². The van der Waals surface area contributed by atoms with Crippen LogP contribution >= 0.6 is 11.6 Å². The lowest BCUT2D eigenvalue weighted by Crippen LogP contribution is -2.41. The van der Waals surface area contributed by atoms with Gasteiger partial charge in [0.15, 0.2) is 0 Å². The monoisotopic (exact) mass is 406 g/mol. The maximum atomic E-state index is 13.0. The van der Waals surface area contributed by atoms with E-state index in [0.717, 1.165) is 11.1 Å². The Morgan fingerprint density at radius 1 is 1.11 bits per heavy atom. The van der Waals surface area contributed by atoms with Gasteiger partial charge in [0.25, 0.3) is 0 Å². The summed E-state index contributed by atoms with van der Waals surface area (Å²) in [6.07, 6.45) is 0.993. The third-order valence-corrected chi connectivity index (χ3v) is 7.15. The number of benzene rings is 2. The lowest BCUT2D eigenvalue weighted by atomic mass is 9.97. The Labute approximate surface area is 165 Å². The van der Waals surface area contributed by atoms with E-state index in [9.17, 15) is 13.2 Å². The van der Waals surface area contributed by atoms with E-state index in [2.05, 4.69) is 5.32 Å². The van der Waals surface area contributed by atoms with Gasteiger partial charge in [0.2, 0.25) is 15.9 Å². The number of amides is 1. The summed E-state index contributed by atoms with van der Waals surface area (Å²) in [5, 5.41) is 3.42. The van der Waals surface area contributed by atoms with Crippen LogP contribution < -0.4 is 5.32 Å². The van der Waals surface area contributed by atoms with Gasteiger partial charge >= 0.3 is 0 Å². The van der Waals surface area contributed by atoms with E-state index in [0.29, 0.717) is 41.5 Å². The molecular formula is C20H23ClN2O3S. The van der Waals surface area contributed by atoms with Crippen molar-refractivity contribution in [3.05, 3.63) is 58.6 Å². The molecule has 0 aliphatic carbocycles. The molecular weight excluding hydrogens is 384 g/mol. The Morgan fingerprint density at radius 3 is 2.48 bits per heavy atom. The summed E-state index contributed by atoms with van der Waals surface area (Å²) >= 11 is 5.94. The summed E-state index contributed by atoms with van der Waals surface area (Å²) in [5.41, 5.74) is 2.30. The van der Waals surface area contributed by atoms with Gasteiger partial charge in [-0.05, 0) is 62.1 Å². The zero-order chi connectivity index (χ0) is 19.6. The molecule has 1 aliphatic heterocycles. The SMILES string of the molecule is Cc1ccc(C)c(S(=O)(=O)N2CCC(C(=O)Nc3cccc(Cl)c3)CC2)c1. The number of piperidine rings is 1. The Hall–Kier alpha value is -1.89. The van der Waals surface area contributed by atoms with E-state index < -0.39 is 10.0 Å². The number of sulfonamides is 1. The molecule has 0 radical (unpaired) electrons. The largest absolute Gasteiger partial charge is 0.326 e. The van der Waals surface area contributed by atoms with E-state index >= 15 is 0 Å². The van der Waals surface area contributed by atoms with E-state index in [4.69, 9.17) is 11.6 Å². The number of aryl methyl sites for hydroxylation is 2. The lowest BCUT2D eigenvalue weighted by molar-refractivity contribution is -0.120. The number of rotatable bonds is 4. The maximum absolute atomic E-state index is 13.0. The highest BCUT2D eigenvalue weighted by Crippen LogP contribution is 2.27. The molecule has 7 heteroatoms. The van der Waals surface area contributed by atoms with Crippen LogP contribution in [-0.4, -0.2) is 31.7 Å². The van der Waals surface area contributed by atoms with Crippen molar-refractivity contribution in [3.63, 3.8) is 0 Å². The van der Waals surface area contributed by atoms with Crippen LogP contribution in [0, 0.1) is 19.8 Å². The molecule has 3 rings (SSSR count). The van der Waals surface area contributed by atoms with Crippen molar-refractivity contribution in [2.75, 3.05) is 18.4 Å². The average molecular weight is 407 g/mol. The number of halogens is 1. The molecule has 2 aromatic rings. The Bertz CT molecular complexity index is 951. The molecule has 0 atom stereocenters. The number of carbonyl (C=O) groups is 1. The van der Waals surface area contributed by atoms with Gasteiger partial charge in [-0.1, -0.05) is 29.8 Å². The fraction of sp³-hybridized carbons (Fsp3) is 0.350. The van der Waals surface area contributed by atoms with Crippen LogP contribution in [0.1, 0.15) is 24.0 Å². The fourth-order valence-electron chi connectivity index (χ4n) is 3.29. The molecule has 27 heavy (non-hydrogen) atoms. The molecule has 1 fully saturated rings. The van der Waals surface area contributed by atoms with Gasteiger partial charge < -0.3 is 5.32 Å². The van der Waals surface area contributed by atoms with Crippen molar-refractivity contribution in [1.29, 1.82) is 0 Å². The summed E-state index contributed by atoms with van der Waals surface area (Å²) in [6, 6.07) is 12.4. The molecule has 2 aromatic carbocycles. The molecule has 0 bridgehead atoms. The minimum Gasteiger partial charge on any atom is -0.326 e. The van der Waals surface area contributed by atoms with Crippen LogP contribution in [0.3, 0.4) is 0 Å². The quantitative estimate of drug-likeness (QED) is 0.834. The minimum atomic E-state index is -3.54. The van der Waals surface area contributed by atoms with Crippen LogP contribution in [-0.2, 0) is 14.8 Å². The highest BCUT2D eigenvalue weighted by molar-refractivity contribution is 7.89. The number of hydrogen-bond acceptors (Lipinski definition) is 3. The first-order valence-electron chi connectivity index (χ1n) is 8.91. The third kappa shape index (κ3) is 4.51. The van der Waals surface area contributed by atoms with Crippen LogP contribution in [0.2, 0.25) is 5.02 Å². The second kappa shape index (κ2) is 8.00. The van der Waals surface area contributed by atoms with E-state index in [1.807, 2.05) is 19.1 Å². The predicted molar refractivity (Wildman–Crippen MR) is 107 cm³/mol. The summed E-state index contributed by atoms with van der Waals surface area (Å²) < 4.78 is 27.4. The van der Waals surface area contributed by atoms with Crippen molar-refractivity contribution < 1.29 is 13.2 Å². The molecule has 1 N–H and O–H groups in total. The smallest absolute Gasteiger partial charge is 0.243 e. The zero-order valence-electron chi connectivity index (χ0n) is 15.4. The molecule has 144 valence electrons. The van der Waals surface area contributed by atoms with Gasteiger partial charge in [-0.15, -0.1) is 0 Å². The molecule has 1 saturated heterocycles. The first-order valence-corrected chi connectivity index (χ1v) is 10.7. The Balaban J connectivity index is 1.66. The lowest BCUT2D eigenvalue weighted by Gasteiger charge is -2.31. The number of nitrogens with one attached hydrogen (secondary N) is 1. The van der Waals surface area contributed by atoms with Crippen LogP contribution in [0.4, 0.5) is 5.69 Å².